The molecule has 1 aliphatic rings. The van der Waals surface area contributed by atoms with Crippen LogP contribution in [0.3, 0.4) is 0 Å². The molecule has 1 aromatic carbocycles. The molecule has 0 amide bonds. The maximum Gasteiger partial charge on any atom is 0.261 e. The van der Waals surface area contributed by atoms with Crippen LogP contribution in [0.4, 0.5) is 5.82 Å². The molecule has 1 fully saturated rings. The molecule has 6 rings (SSSR count). The zero-order valence-corrected chi connectivity index (χ0v) is 19.4. The average Bonchev–Trinajstić information content (AvgIpc) is 3.25. The Morgan fingerprint density at radius 1 is 1.11 bits per heavy atom. The van der Waals surface area contributed by atoms with Gasteiger partial charge in [-0.15, -0.1) is 0 Å². The highest BCUT2D eigenvalue weighted by atomic mass is 16.5. The number of aromatic nitrogens is 7. The number of fused-ring (bicyclic) bond motifs is 2. The number of hydrogen-bond acceptors (Lipinski definition) is 8. The molecule has 1 atom stereocenters. The summed E-state index contributed by atoms with van der Waals surface area (Å²) >= 11 is 0. The summed E-state index contributed by atoms with van der Waals surface area (Å²) in [6.45, 7) is 1.98. The molecular weight excluding hydrogens is 444 g/mol. The number of methoxy groups -OCH3 is 1. The van der Waals surface area contributed by atoms with E-state index in [1.807, 2.05) is 41.8 Å². The molecule has 0 aliphatic heterocycles. The maximum atomic E-state index is 13.6. The molecule has 1 saturated carbocycles. The second kappa shape index (κ2) is 8.15. The van der Waals surface area contributed by atoms with Gasteiger partial charge in [-0.25, -0.2) is 24.6 Å². The van der Waals surface area contributed by atoms with Gasteiger partial charge >= 0.3 is 0 Å². The van der Waals surface area contributed by atoms with Crippen LogP contribution in [0.1, 0.15) is 44.1 Å². The van der Waals surface area contributed by atoms with Crippen molar-refractivity contribution >= 4 is 27.8 Å². The predicted octanol–water partition coefficient (Wildman–Crippen LogP) is 3.52. The zero-order valence-electron chi connectivity index (χ0n) is 19.4. The van der Waals surface area contributed by atoms with Crippen molar-refractivity contribution in [2.75, 3.05) is 12.8 Å². The fourth-order valence-corrected chi connectivity index (χ4v) is 4.67. The van der Waals surface area contributed by atoms with Gasteiger partial charge in [0.2, 0.25) is 5.88 Å². The molecular formula is C25H24N8O2. The van der Waals surface area contributed by atoms with Gasteiger partial charge in [0.05, 0.1) is 23.4 Å². The van der Waals surface area contributed by atoms with Crippen LogP contribution in [0, 0.1) is 0 Å². The summed E-state index contributed by atoms with van der Waals surface area (Å²) in [6.07, 6.45) is 6.11. The first-order valence-corrected chi connectivity index (χ1v) is 11.6. The van der Waals surface area contributed by atoms with Crippen molar-refractivity contribution in [2.24, 2.45) is 0 Å². The Morgan fingerprint density at radius 2 is 1.94 bits per heavy atom. The number of nitrogen functional groups attached to an aromatic ring is 1. The Balaban J connectivity index is 1.58. The van der Waals surface area contributed by atoms with E-state index >= 15 is 0 Å². The Labute approximate surface area is 200 Å². The van der Waals surface area contributed by atoms with Crippen molar-refractivity contribution in [1.82, 2.24) is 34.3 Å². The van der Waals surface area contributed by atoms with Gasteiger partial charge in [-0.1, -0.05) is 12.1 Å². The van der Waals surface area contributed by atoms with Crippen molar-refractivity contribution in [3.8, 4) is 17.1 Å². The van der Waals surface area contributed by atoms with Gasteiger partial charge in [0.1, 0.15) is 29.7 Å². The van der Waals surface area contributed by atoms with Crippen LogP contribution >= 0.6 is 0 Å². The fourth-order valence-electron chi connectivity index (χ4n) is 4.67. The molecule has 0 spiro atoms. The highest BCUT2D eigenvalue weighted by molar-refractivity contribution is 5.98. The monoisotopic (exact) mass is 468 g/mol. The number of anilines is 1. The molecule has 176 valence electrons. The minimum atomic E-state index is -0.385. The smallest absolute Gasteiger partial charge is 0.261 e. The zero-order chi connectivity index (χ0) is 24.1. The third kappa shape index (κ3) is 3.32. The molecule has 1 aliphatic carbocycles. The summed E-state index contributed by atoms with van der Waals surface area (Å²) in [7, 11) is 1.57. The number of para-hydroxylation sites is 1. The largest absolute Gasteiger partial charge is 0.481 e. The van der Waals surface area contributed by atoms with Crippen LogP contribution in [0.15, 0.2) is 53.7 Å². The first-order valence-electron chi connectivity index (χ1n) is 11.6. The third-order valence-electron chi connectivity index (χ3n) is 6.75. The van der Waals surface area contributed by atoms with Crippen LogP contribution in [0.2, 0.25) is 0 Å². The quantitative estimate of drug-likeness (QED) is 0.415. The van der Waals surface area contributed by atoms with E-state index in [0.29, 0.717) is 45.2 Å². The van der Waals surface area contributed by atoms with Gasteiger partial charge in [0.15, 0.2) is 5.65 Å². The van der Waals surface area contributed by atoms with Gasteiger partial charge < -0.3 is 10.5 Å². The molecule has 0 radical (unpaired) electrons. The third-order valence-corrected chi connectivity index (χ3v) is 6.75. The lowest BCUT2D eigenvalue weighted by Crippen LogP contribution is -2.34. The van der Waals surface area contributed by atoms with Gasteiger partial charge in [-0.3, -0.25) is 9.36 Å². The fraction of sp³-hybridized carbons (Fsp3) is 0.280. The summed E-state index contributed by atoms with van der Waals surface area (Å²) in [5.74, 6) is 1.47. The first kappa shape index (κ1) is 21.2. The summed E-state index contributed by atoms with van der Waals surface area (Å²) in [4.78, 5) is 31.5. The van der Waals surface area contributed by atoms with Crippen LogP contribution in [-0.4, -0.2) is 41.4 Å². The molecule has 1 unspecified atom stereocenters. The first-order chi connectivity index (χ1) is 17.1. The van der Waals surface area contributed by atoms with Crippen LogP contribution in [0.5, 0.6) is 5.88 Å². The van der Waals surface area contributed by atoms with Crippen molar-refractivity contribution in [1.29, 1.82) is 0 Å². The summed E-state index contributed by atoms with van der Waals surface area (Å²) in [5.41, 5.74) is 8.87. The number of nitrogens with zero attached hydrogens (tertiary/aromatic N) is 7. The Hall–Kier alpha value is -4.34. The second-order valence-corrected chi connectivity index (χ2v) is 8.76. The molecule has 35 heavy (non-hydrogen) atoms. The van der Waals surface area contributed by atoms with E-state index in [1.165, 1.54) is 6.33 Å². The lowest BCUT2D eigenvalue weighted by atomic mass is 9.92. The number of ether oxygens (including phenoxy) is 1. The highest BCUT2D eigenvalue weighted by Crippen LogP contribution is 2.36. The Kier molecular flexibility index (Phi) is 4.94. The molecule has 0 saturated heterocycles. The maximum absolute atomic E-state index is 13.6. The van der Waals surface area contributed by atoms with E-state index in [-0.39, 0.29) is 17.6 Å². The molecule has 2 N–H and O–H groups in total. The van der Waals surface area contributed by atoms with E-state index < -0.39 is 0 Å². The van der Waals surface area contributed by atoms with Gasteiger partial charge in [0.25, 0.3) is 5.56 Å². The molecule has 4 heterocycles. The lowest BCUT2D eigenvalue weighted by Gasteiger charge is -2.31. The molecule has 10 heteroatoms. The predicted molar refractivity (Wildman–Crippen MR) is 132 cm³/mol. The van der Waals surface area contributed by atoms with E-state index in [2.05, 4.69) is 15.0 Å². The van der Waals surface area contributed by atoms with Crippen molar-refractivity contribution < 1.29 is 4.74 Å². The van der Waals surface area contributed by atoms with E-state index in [4.69, 9.17) is 20.6 Å². The second-order valence-electron chi connectivity index (χ2n) is 8.76. The summed E-state index contributed by atoms with van der Waals surface area (Å²) in [5, 5.41) is 6.16. The Bertz CT molecular complexity index is 1620. The van der Waals surface area contributed by atoms with Crippen molar-refractivity contribution in [3.63, 3.8) is 0 Å². The SMILES string of the molecule is COc1ccc(-c2nn(C(C)c3nc4ccccc4c(=O)n3C3CCC3)c3ncnc(N)c23)cn1. The number of nitrogens with two attached hydrogens (primary N) is 1. The van der Waals surface area contributed by atoms with Crippen molar-refractivity contribution in [3.05, 3.63) is 65.1 Å². The van der Waals surface area contributed by atoms with Crippen LogP contribution in [0.25, 0.3) is 33.2 Å². The van der Waals surface area contributed by atoms with Crippen LogP contribution < -0.4 is 16.0 Å². The minimum absolute atomic E-state index is 0.0210. The van der Waals surface area contributed by atoms with Crippen molar-refractivity contribution in [2.45, 2.75) is 38.3 Å². The molecule has 5 aromatic rings. The average molecular weight is 469 g/mol. The molecule has 0 bridgehead atoms. The van der Waals surface area contributed by atoms with E-state index in [0.717, 1.165) is 24.8 Å². The standard InChI is InChI=1S/C25H24N8O2/c1-14(23-30-18-9-4-3-8-17(18)25(34)32(23)16-6-5-7-16)33-24-20(22(26)28-13-29-24)21(31-33)15-10-11-19(35-2)27-12-15/h3-4,8-14,16H,5-7H2,1-2H3,(H2,26,28,29). The normalized spacial score (nSPS) is 14.8. The lowest BCUT2D eigenvalue weighted by molar-refractivity contribution is 0.288. The number of rotatable bonds is 5. The summed E-state index contributed by atoms with van der Waals surface area (Å²) < 4.78 is 8.82. The van der Waals surface area contributed by atoms with Gasteiger partial charge in [0, 0.05) is 23.9 Å². The topological polar surface area (TPSA) is 127 Å². The highest BCUT2D eigenvalue weighted by Gasteiger charge is 2.29. The van der Waals surface area contributed by atoms with E-state index in [1.54, 1.807) is 24.1 Å². The van der Waals surface area contributed by atoms with Gasteiger partial charge in [-0.05, 0) is 44.4 Å². The van der Waals surface area contributed by atoms with Gasteiger partial charge in [-0.2, -0.15) is 5.10 Å². The van der Waals surface area contributed by atoms with Crippen LogP contribution in [-0.2, 0) is 0 Å². The number of benzene rings is 1. The molecule has 4 aromatic heterocycles. The number of hydrogen-bond donors (Lipinski definition) is 1. The Morgan fingerprint density at radius 3 is 2.66 bits per heavy atom. The summed E-state index contributed by atoms with van der Waals surface area (Å²) in [6, 6.07) is 10.8. The molecule has 10 nitrogen and oxygen atoms in total. The minimum Gasteiger partial charge on any atom is -0.481 e. The number of pyridine rings is 1. The van der Waals surface area contributed by atoms with E-state index in [9.17, 15) is 4.79 Å².